The van der Waals surface area contributed by atoms with Gasteiger partial charge in [-0.1, -0.05) is 0 Å². The fourth-order valence-corrected chi connectivity index (χ4v) is 0.553. The summed E-state index contributed by atoms with van der Waals surface area (Å²) in [5, 5.41) is 7.31. The van der Waals surface area contributed by atoms with E-state index in [2.05, 4.69) is 10.6 Å². The van der Waals surface area contributed by atoms with Crippen molar-refractivity contribution in [2.24, 2.45) is 0 Å². The molecule has 0 saturated carbocycles. The summed E-state index contributed by atoms with van der Waals surface area (Å²) in [4.78, 5) is 0. The molecule has 5 heteroatoms. The average molecular weight is 204 g/mol. The van der Waals surface area contributed by atoms with Crippen LogP contribution in [0.2, 0.25) is 0 Å². The van der Waals surface area contributed by atoms with E-state index in [1.54, 1.807) is 0 Å². The molecule has 1 fully saturated rings. The number of halogens is 2. The van der Waals surface area contributed by atoms with Gasteiger partial charge in [0.05, 0.1) is 0 Å². The Bertz CT molecular complexity index is 40.3. The van der Waals surface area contributed by atoms with E-state index in [4.69, 9.17) is 18.6 Å². The van der Waals surface area contributed by atoms with E-state index >= 15 is 0 Å². The van der Waals surface area contributed by atoms with Crippen LogP contribution in [0.25, 0.3) is 5.32 Å². The number of hydrogen-bond donors (Lipinski definition) is 1. The van der Waals surface area contributed by atoms with Crippen LogP contribution in [0.5, 0.6) is 0 Å². The Morgan fingerprint density at radius 1 is 1.22 bits per heavy atom. The Hall–Kier alpha value is 1.21. The molecule has 0 aromatic carbocycles. The van der Waals surface area contributed by atoms with Crippen LogP contribution in [-0.2, 0) is 17.0 Å². The second kappa shape index (κ2) is 9.21. The van der Waals surface area contributed by atoms with Crippen molar-refractivity contribution in [2.45, 2.75) is 0 Å². The first-order chi connectivity index (χ1) is 4.41. The normalized spacial score (nSPS) is 17.6. The summed E-state index contributed by atoms with van der Waals surface area (Å²) < 4.78 is 0. The summed E-state index contributed by atoms with van der Waals surface area (Å²) in [6, 6.07) is 0. The predicted octanol–water partition coefficient (Wildman–Crippen LogP) is 1.34. The van der Waals surface area contributed by atoms with Gasteiger partial charge in [-0.25, -0.2) is 0 Å². The van der Waals surface area contributed by atoms with E-state index in [-0.39, 0.29) is 0 Å². The molecule has 0 spiro atoms. The number of nitrogens with one attached hydrogen (secondary N) is 1. The number of nitrogens with zero attached hydrogens (tertiary/aromatic N) is 1. The molecule has 0 amide bonds. The van der Waals surface area contributed by atoms with E-state index in [1.807, 2.05) is 0 Å². The quantitative estimate of drug-likeness (QED) is 0.592. The van der Waals surface area contributed by atoms with Crippen LogP contribution in [0.4, 0.5) is 0 Å². The van der Waals surface area contributed by atoms with Crippen LogP contribution in [0, 0.1) is 0 Å². The molecule has 1 aliphatic rings. The van der Waals surface area contributed by atoms with Gasteiger partial charge in [-0.2, -0.15) is 0 Å². The third-order valence-electron chi connectivity index (χ3n) is 0.893. The SMILES string of the molecule is C1CNCC[N-]1.[Cl][Ti][Cl]. The van der Waals surface area contributed by atoms with Gasteiger partial charge in [0.2, 0.25) is 0 Å². The van der Waals surface area contributed by atoms with Gasteiger partial charge < -0.3 is 10.6 Å². The van der Waals surface area contributed by atoms with Gasteiger partial charge in [0.1, 0.15) is 0 Å². The van der Waals surface area contributed by atoms with Crippen LogP contribution in [-0.4, -0.2) is 26.2 Å². The van der Waals surface area contributed by atoms with E-state index in [9.17, 15) is 0 Å². The van der Waals surface area contributed by atoms with Crippen LogP contribution >= 0.6 is 18.6 Å². The third kappa shape index (κ3) is 9.21. The van der Waals surface area contributed by atoms with Gasteiger partial charge in [-0.15, -0.1) is 13.1 Å². The minimum atomic E-state index is -0.556. The fourth-order valence-electron chi connectivity index (χ4n) is 0.553. The van der Waals surface area contributed by atoms with Gasteiger partial charge >= 0.3 is 35.6 Å². The molecular formula is C4H9Cl2N2Ti-. The van der Waals surface area contributed by atoms with Crippen molar-refractivity contribution in [3.8, 4) is 0 Å². The summed E-state index contributed by atoms with van der Waals surface area (Å²) in [6.45, 7) is 4.19. The van der Waals surface area contributed by atoms with Crippen LogP contribution in [0.15, 0.2) is 0 Å². The van der Waals surface area contributed by atoms with Gasteiger partial charge in [-0.3, -0.25) is 0 Å². The molecular weight excluding hydrogens is 195 g/mol. The molecule has 0 aromatic heterocycles. The van der Waals surface area contributed by atoms with Crippen molar-refractivity contribution in [3.63, 3.8) is 0 Å². The predicted molar refractivity (Wildman–Crippen MR) is 37.7 cm³/mol. The Morgan fingerprint density at radius 2 is 1.67 bits per heavy atom. The van der Waals surface area contributed by atoms with E-state index in [1.165, 1.54) is 0 Å². The molecule has 1 aliphatic heterocycles. The minimum absolute atomic E-state index is 0.556. The molecule has 54 valence electrons. The summed E-state index contributed by atoms with van der Waals surface area (Å²) in [6.07, 6.45) is 0. The Balaban J connectivity index is 0.000000187. The molecule has 0 aromatic rings. The van der Waals surface area contributed by atoms with Gasteiger partial charge in [-0.05, 0) is 13.1 Å². The van der Waals surface area contributed by atoms with Crippen molar-refractivity contribution in [2.75, 3.05) is 26.2 Å². The van der Waals surface area contributed by atoms with E-state index in [0.717, 1.165) is 26.2 Å². The maximum absolute atomic E-state index is 4.89. The summed E-state index contributed by atoms with van der Waals surface area (Å²) in [7, 11) is 9.78. The molecule has 1 heterocycles. The Kier molecular flexibility index (Phi) is 10.5. The van der Waals surface area contributed by atoms with Crippen molar-refractivity contribution < 1.29 is 17.0 Å². The molecule has 2 nitrogen and oxygen atoms in total. The molecule has 0 bridgehead atoms. The summed E-state index contributed by atoms with van der Waals surface area (Å²) in [5.74, 6) is 0. The molecule has 0 aliphatic carbocycles. The first-order valence-electron chi connectivity index (χ1n) is 2.72. The van der Waals surface area contributed by atoms with Crippen LogP contribution in [0.1, 0.15) is 0 Å². The first kappa shape index (κ1) is 10.2. The monoisotopic (exact) mass is 203 g/mol. The zero-order valence-corrected chi connectivity index (χ0v) is 8.10. The van der Waals surface area contributed by atoms with Crippen molar-refractivity contribution >= 4 is 18.6 Å². The molecule has 9 heavy (non-hydrogen) atoms. The van der Waals surface area contributed by atoms with Crippen molar-refractivity contribution in [3.05, 3.63) is 5.32 Å². The van der Waals surface area contributed by atoms with Crippen LogP contribution < -0.4 is 5.32 Å². The third-order valence-corrected chi connectivity index (χ3v) is 0.893. The van der Waals surface area contributed by atoms with Gasteiger partial charge in [0, 0.05) is 0 Å². The number of piperazine rings is 1. The molecule has 1 saturated heterocycles. The standard InChI is InChI=1S/C4H9N2.2ClH.Ti/c1-2-6-4-3-5-1;;;/h5H,1-4H2;2*1H;/q-1;;;+2/p-2. The molecule has 1 rings (SSSR count). The topological polar surface area (TPSA) is 26.1 Å². The average Bonchev–Trinajstić information content (AvgIpc) is 1.93. The summed E-state index contributed by atoms with van der Waals surface area (Å²) >= 11 is -0.556. The molecule has 0 radical (unpaired) electrons. The van der Waals surface area contributed by atoms with Crippen LogP contribution in [0.3, 0.4) is 0 Å². The fraction of sp³-hybridized carbons (Fsp3) is 1.00. The first-order valence-corrected chi connectivity index (χ1v) is 7.01. The maximum atomic E-state index is 4.89. The van der Waals surface area contributed by atoms with E-state index < -0.39 is 17.0 Å². The number of hydrogen-bond acceptors (Lipinski definition) is 1. The Morgan fingerprint density at radius 3 is 1.78 bits per heavy atom. The summed E-state index contributed by atoms with van der Waals surface area (Å²) in [5.41, 5.74) is 0. The van der Waals surface area contributed by atoms with Crippen molar-refractivity contribution in [1.82, 2.24) is 5.32 Å². The zero-order valence-electron chi connectivity index (χ0n) is 5.03. The molecule has 0 unspecified atom stereocenters. The van der Waals surface area contributed by atoms with Gasteiger partial charge in [0.25, 0.3) is 0 Å². The molecule has 1 N–H and O–H groups in total. The Labute approximate surface area is 72.4 Å². The second-order valence-corrected chi connectivity index (χ2v) is 4.07. The zero-order chi connectivity index (χ0) is 6.95. The molecule has 0 atom stereocenters. The number of rotatable bonds is 0. The van der Waals surface area contributed by atoms with Crippen molar-refractivity contribution in [1.29, 1.82) is 0 Å². The van der Waals surface area contributed by atoms with E-state index in [0.29, 0.717) is 0 Å². The van der Waals surface area contributed by atoms with Gasteiger partial charge in [0.15, 0.2) is 0 Å². The second-order valence-electron chi connectivity index (χ2n) is 1.49.